The number of carbonyl (C=O) groups excluding carboxylic acids is 1. The Balaban J connectivity index is 2.35. The van der Waals surface area contributed by atoms with Gasteiger partial charge in [0, 0.05) is 0 Å². The molecule has 1 N–H and O–H groups in total. The summed E-state index contributed by atoms with van der Waals surface area (Å²) in [5, 5.41) is 2.17. The lowest BCUT2D eigenvalue weighted by Crippen LogP contribution is -2.45. The van der Waals surface area contributed by atoms with E-state index in [4.69, 9.17) is 4.74 Å². The van der Waals surface area contributed by atoms with Crippen LogP contribution < -0.4 is 14.4 Å². The third kappa shape index (κ3) is 4.94. The second kappa shape index (κ2) is 8.09. The van der Waals surface area contributed by atoms with Gasteiger partial charge in [-0.25, -0.2) is 8.42 Å². The van der Waals surface area contributed by atoms with E-state index in [9.17, 15) is 26.4 Å². The quantitative estimate of drug-likeness (QED) is 0.782. The van der Waals surface area contributed by atoms with Crippen LogP contribution in [0.2, 0.25) is 0 Å². The van der Waals surface area contributed by atoms with E-state index in [2.05, 4.69) is 5.32 Å². The smallest absolute Gasteiger partial charge is 0.418 e. The lowest BCUT2D eigenvalue weighted by molar-refractivity contribution is -0.137. The molecular weight excluding hydrogens is 397 g/mol. The molecule has 10 heteroatoms. The molecule has 6 nitrogen and oxygen atoms in total. The Hall–Kier alpha value is -2.75. The van der Waals surface area contributed by atoms with E-state index < -0.39 is 39.4 Å². The molecule has 2 rings (SSSR count). The molecule has 0 saturated carbocycles. The van der Waals surface area contributed by atoms with E-state index in [1.807, 2.05) is 0 Å². The highest BCUT2D eigenvalue weighted by atomic mass is 32.2. The number of amides is 1. The van der Waals surface area contributed by atoms with Crippen LogP contribution in [0.15, 0.2) is 48.5 Å². The number of sulfonamides is 1. The van der Waals surface area contributed by atoms with Crippen molar-refractivity contribution in [2.24, 2.45) is 0 Å². The van der Waals surface area contributed by atoms with Gasteiger partial charge in [0.25, 0.3) is 0 Å². The predicted molar refractivity (Wildman–Crippen MR) is 99.9 cm³/mol. The molecule has 1 atom stereocenters. The zero-order valence-corrected chi connectivity index (χ0v) is 16.1. The van der Waals surface area contributed by atoms with Gasteiger partial charge in [-0.05, 0) is 43.3 Å². The number of hydrogen-bond donors (Lipinski definition) is 1. The molecule has 0 bridgehead atoms. The third-order valence-corrected chi connectivity index (χ3v) is 5.15. The summed E-state index contributed by atoms with van der Waals surface area (Å²) >= 11 is 0. The predicted octanol–water partition coefficient (Wildman–Crippen LogP) is 3.51. The third-order valence-electron chi connectivity index (χ3n) is 3.91. The molecule has 0 aliphatic heterocycles. The largest absolute Gasteiger partial charge is 0.497 e. The molecule has 1 unspecified atom stereocenters. The number of benzene rings is 2. The monoisotopic (exact) mass is 416 g/mol. The second-order valence-corrected chi connectivity index (χ2v) is 7.82. The van der Waals surface area contributed by atoms with Crippen molar-refractivity contribution in [3.63, 3.8) is 0 Å². The van der Waals surface area contributed by atoms with Crippen LogP contribution in [0.4, 0.5) is 24.5 Å². The average Bonchev–Trinajstić information content (AvgIpc) is 2.60. The Morgan fingerprint density at radius 1 is 1.11 bits per heavy atom. The Kier molecular flexibility index (Phi) is 6.23. The first-order chi connectivity index (χ1) is 12.9. The summed E-state index contributed by atoms with van der Waals surface area (Å²) in [5.41, 5.74) is -1.30. The van der Waals surface area contributed by atoms with Gasteiger partial charge in [-0.15, -0.1) is 0 Å². The van der Waals surface area contributed by atoms with Crippen molar-refractivity contribution in [2.45, 2.75) is 19.1 Å². The number of rotatable bonds is 6. The molecule has 0 radical (unpaired) electrons. The highest BCUT2D eigenvalue weighted by molar-refractivity contribution is 7.92. The number of para-hydroxylation sites is 1. The Morgan fingerprint density at radius 2 is 1.68 bits per heavy atom. The minimum absolute atomic E-state index is 0.176. The summed E-state index contributed by atoms with van der Waals surface area (Å²) in [6.07, 6.45) is -3.76. The van der Waals surface area contributed by atoms with Crippen LogP contribution in [0, 0.1) is 0 Å². The van der Waals surface area contributed by atoms with Crippen molar-refractivity contribution in [3.05, 3.63) is 54.1 Å². The summed E-state index contributed by atoms with van der Waals surface area (Å²) in [6, 6.07) is 9.07. The summed E-state index contributed by atoms with van der Waals surface area (Å²) in [5.74, 6) is -0.425. The second-order valence-electron chi connectivity index (χ2n) is 5.97. The number of nitrogens with one attached hydrogen (secondary N) is 1. The van der Waals surface area contributed by atoms with Gasteiger partial charge in [0.15, 0.2) is 0 Å². The molecule has 0 fully saturated rings. The van der Waals surface area contributed by atoms with Crippen molar-refractivity contribution in [1.29, 1.82) is 0 Å². The minimum Gasteiger partial charge on any atom is -0.497 e. The lowest BCUT2D eigenvalue weighted by atomic mass is 10.1. The first-order valence-electron chi connectivity index (χ1n) is 8.05. The number of hydrogen-bond acceptors (Lipinski definition) is 4. The first-order valence-corrected chi connectivity index (χ1v) is 9.90. The standard InChI is InChI=1S/C18H19F3N2O4S/c1-12(17(24)22-16-7-5-4-6-15(16)18(19,20)21)23(28(3,25)26)13-8-10-14(27-2)11-9-13/h4-12H,1-3H3,(H,22,24). The normalized spacial score (nSPS) is 12.9. The van der Waals surface area contributed by atoms with E-state index in [0.717, 1.165) is 22.7 Å². The fraction of sp³-hybridized carbons (Fsp3) is 0.278. The molecule has 0 heterocycles. The number of anilines is 2. The maximum atomic E-state index is 13.1. The van der Waals surface area contributed by atoms with Gasteiger partial charge >= 0.3 is 6.18 Å². The van der Waals surface area contributed by atoms with Crippen LogP contribution in [0.1, 0.15) is 12.5 Å². The highest BCUT2D eigenvalue weighted by Gasteiger charge is 2.35. The molecule has 0 aliphatic carbocycles. The Labute approximate surface area is 161 Å². The fourth-order valence-electron chi connectivity index (χ4n) is 2.61. The maximum absolute atomic E-state index is 13.1. The number of alkyl halides is 3. The van der Waals surface area contributed by atoms with Gasteiger partial charge in [-0.3, -0.25) is 9.10 Å². The topological polar surface area (TPSA) is 75.7 Å². The van der Waals surface area contributed by atoms with Crippen molar-refractivity contribution in [2.75, 3.05) is 23.0 Å². The number of methoxy groups -OCH3 is 1. The van der Waals surface area contributed by atoms with Crippen molar-refractivity contribution in [1.82, 2.24) is 0 Å². The van der Waals surface area contributed by atoms with E-state index >= 15 is 0 Å². The van der Waals surface area contributed by atoms with Crippen LogP contribution >= 0.6 is 0 Å². The van der Waals surface area contributed by atoms with Gasteiger partial charge in [-0.2, -0.15) is 13.2 Å². The molecule has 2 aromatic carbocycles. The van der Waals surface area contributed by atoms with Crippen LogP contribution in [0.5, 0.6) is 5.75 Å². The summed E-state index contributed by atoms with van der Waals surface area (Å²) in [6.45, 7) is 1.29. The maximum Gasteiger partial charge on any atom is 0.418 e. The summed E-state index contributed by atoms with van der Waals surface area (Å²) in [7, 11) is -2.46. The minimum atomic E-state index is -4.67. The molecular formula is C18H19F3N2O4S. The van der Waals surface area contributed by atoms with E-state index in [0.29, 0.717) is 5.75 Å². The molecule has 152 valence electrons. The van der Waals surface area contributed by atoms with E-state index in [1.54, 1.807) is 0 Å². The molecule has 1 amide bonds. The van der Waals surface area contributed by atoms with Crippen LogP contribution in [0.25, 0.3) is 0 Å². The molecule has 0 aliphatic rings. The lowest BCUT2D eigenvalue weighted by Gasteiger charge is -2.28. The molecule has 28 heavy (non-hydrogen) atoms. The van der Waals surface area contributed by atoms with E-state index in [1.165, 1.54) is 50.4 Å². The molecule has 0 saturated heterocycles. The Morgan fingerprint density at radius 3 is 2.18 bits per heavy atom. The summed E-state index contributed by atoms with van der Waals surface area (Å²) in [4.78, 5) is 12.6. The SMILES string of the molecule is COc1ccc(N(C(C)C(=O)Nc2ccccc2C(F)(F)F)S(C)(=O)=O)cc1. The van der Waals surface area contributed by atoms with Gasteiger partial charge < -0.3 is 10.1 Å². The number of halogens is 3. The molecule has 0 aromatic heterocycles. The van der Waals surface area contributed by atoms with Gasteiger partial charge in [0.2, 0.25) is 15.9 Å². The van der Waals surface area contributed by atoms with Crippen LogP contribution in [-0.4, -0.2) is 33.7 Å². The summed E-state index contributed by atoms with van der Waals surface area (Å²) < 4.78 is 69.7. The van der Waals surface area contributed by atoms with E-state index in [-0.39, 0.29) is 5.69 Å². The first kappa shape index (κ1) is 21.5. The van der Waals surface area contributed by atoms with Gasteiger partial charge in [0.1, 0.15) is 11.8 Å². The zero-order chi connectivity index (χ0) is 21.1. The van der Waals surface area contributed by atoms with Gasteiger partial charge in [-0.1, -0.05) is 12.1 Å². The Bertz CT molecular complexity index is 944. The van der Waals surface area contributed by atoms with Crippen LogP contribution in [-0.2, 0) is 21.0 Å². The van der Waals surface area contributed by atoms with Crippen molar-refractivity contribution >= 4 is 27.3 Å². The fourth-order valence-corrected chi connectivity index (χ4v) is 3.79. The highest BCUT2D eigenvalue weighted by Crippen LogP contribution is 2.35. The molecule has 0 spiro atoms. The van der Waals surface area contributed by atoms with Crippen molar-refractivity contribution in [3.8, 4) is 5.75 Å². The average molecular weight is 416 g/mol. The zero-order valence-electron chi connectivity index (χ0n) is 15.3. The number of nitrogens with zero attached hydrogens (tertiary/aromatic N) is 1. The van der Waals surface area contributed by atoms with Crippen molar-refractivity contribution < 1.29 is 31.1 Å². The van der Waals surface area contributed by atoms with Crippen LogP contribution in [0.3, 0.4) is 0 Å². The number of ether oxygens (including phenoxy) is 1. The van der Waals surface area contributed by atoms with Gasteiger partial charge in [0.05, 0.1) is 30.3 Å². The number of carbonyl (C=O) groups is 1. The molecule has 2 aromatic rings.